The van der Waals surface area contributed by atoms with E-state index in [4.69, 9.17) is 5.11 Å². The van der Waals surface area contributed by atoms with Crippen LogP contribution in [0.1, 0.15) is 36.5 Å². The number of aryl methyl sites for hydroxylation is 1. The number of rotatable bonds is 4. The molecule has 0 radical (unpaired) electrons. The number of carboxylic acid groups (broad SMARTS) is 1. The molecule has 1 N–H and O–H groups in total. The van der Waals surface area contributed by atoms with E-state index in [0.29, 0.717) is 24.0 Å². The summed E-state index contributed by atoms with van der Waals surface area (Å²) in [5.41, 5.74) is 3.69. The summed E-state index contributed by atoms with van der Waals surface area (Å²) >= 11 is 0. The molecule has 2 heterocycles. The molecule has 0 spiro atoms. The van der Waals surface area contributed by atoms with Gasteiger partial charge in [0.25, 0.3) is 0 Å². The average Bonchev–Trinajstić information content (AvgIpc) is 2.95. The van der Waals surface area contributed by atoms with Gasteiger partial charge in [0, 0.05) is 36.0 Å². The number of halogens is 3. The van der Waals surface area contributed by atoms with E-state index in [-0.39, 0.29) is 11.8 Å². The van der Waals surface area contributed by atoms with Crippen molar-refractivity contribution in [3.05, 3.63) is 59.3 Å². The van der Waals surface area contributed by atoms with E-state index in [0.717, 1.165) is 28.6 Å². The highest BCUT2D eigenvalue weighted by atomic mass is 19.4. The van der Waals surface area contributed by atoms with Gasteiger partial charge in [0.05, 0.1) is 17.0 Å². The number of fused-ring (bicyclic) bond motifs is 1. The summed E-state index contributed by atoms with van der Waals surface area (Å²) in [5, 5.41) is 9.73. The third-order valence-corrected chi connectivity index (χ3v) is 5.80. The molecule has 4 rings (SSSR count). The van der Waals surface area contributed by atoms with E-state index < -0.39 is 17.7 Å². The molecule has 1 saturated heterocycles. The van der Waals surface area contributed by atoms with Crippen LogP contribution in [0.2, 0.25) is 0 Å². The lowest BCUT2D eigenvalue weighted by Crippen LogP contribution is -2.50. The van der Waals surface area contributed by atoms with E-state index in [9.17, 15) is 18.0 Å². The first-order chi connectivity index (χ1) is 14.0. The first kappa shape index (κ1) is 20.3. The predicted octanol–water partition coefficient (Wildman–Crippen LogP) is 5.60. The molecular weight excluding hydrogens is 393 g/mol. The first-order valence-corrected chi connectivity index (χ1v) is 9.86. The Balaban J connectivity index is 1.80. The van der Waals surface area contributed by atoms with Crippen molar-refractivity contribution in [1.82, 2.24) is 4.57 Å². The molecule has 1 aliphatic heterocycles. The topological polar surface area (TPSA) is 45.5 Å². The lowest BCUT2D eigenvalue weighted by atomic mass is 9.96. The summed E-state index contributed by atoms with van der Waals surface area (Å²) in [4.78, 5) is 13.2. The van der Waals surface area contributed by atoms with Gasteiger partial charge in [-0.2, -0.15) is 13.2 Å². The first-order valence-electron chi connectivity index (χ1n) is 9.86. The summed E-state index contributed by atoms with van der Waals surface area (Å²) in [6.45, 7) is 6.87. The number of hydrogen-bond acceptors (Lipinski definition) is 2. The molecule has 1 aliphatic rings. The Morgan fingerprint density at radius 1 is 1.10 bits per heavy atom. The molecule has 158 valence electrons. The van der Waals surface area contributed by atoms with Gasteiger partial charge in [0.2, 0.25) is 0 Å². The molecule has 0 saturated carbocycles. The normalized spacial score (nSPS) is 15.1. The zero-order chi connectivity index (χ0) is 21.8. The smallest absolute Gasteiger partial charge is 0.416 e. The minimum atomic E-state index is -4.38. The zero-order valence-corrected chi connectivity index (χ0v) is 17.0. The molecule has 0 atom stereocenters. The van der Waals surface area contributed by atoms with Gasteiger partial charge in [0.1, 0.15) is 0 Å². The van der Waals surface area contributed by atoms with Crippen LogP contribution in [0.5, 0.6) is 0 Å². The molecule has 4 nitrogen and oxygen atoms in total. The summed E-state index contributed by atoms with van der Waals surface area (Å²) in [7, 11) is 0. The SMILES string of the molecule is Cc1cn(-c2cc(C(C)C)cc(N3CC(C(=O)O)C3)c2)c2ccc(C(F)(F)F)cc12. The second-order valence-corrected chi connectivity index (χ2v) is 8.29. The van der Waals surface area contributed by atoms with Gasteiger partial charge in [-0.25, -0.2) is 0 Å². The molecule has 0 amide bonds. The van der Waals surface area contributed by atoms with Gasteiger partial charge < -0.3 is 14.6 Å². The summed E-state index contributed by atoms with van der Waals surface area (Å²) in [6.07, 6.45) is -2.53. The molecule has 7 heteroatoms. The number of alkyl halides is 3. The van der Waals surface area contributed by atoms with Gasteiger partial charge >= 0.3 is 12.1 Å². The number of nitrogens with zero attached hydrogens (tertiary/aromatic N) is 2. The minimum Gasteiger partial charge on any atom is -0.481 e. The Kier molecular flexibility index (Phi) is 4.79. The highest BCUT2D eigenvalue weighted by Crippen LogP contribution is 2.36. The molecule has 1 aromatic heterocycles. The molecule has 3 aromatic rings. The Hall–Kier alpha value is -2.96. The second-order valence-electron chi connectivity index (χ2n) is 8.29. The quantitative estimate of drug-likeness (QED) is 0.602. The van der Waals surface area contributed by atoms with Crippen LogP contribution in [0.25, 0.3) is 16.6 Å². The summed E-state index contributed by atoms with van der Waals surface area (Å²) in [5.74, 6) is -0.911. The van der Waals surface area contributed by atoms with Crippen LogP contribution in [-0.2, 0) is 11.0 Å². The van der Waals surface area contributed by atoms with Crippen LogP contribution in [0, 0.1) is 12.8 Å². The van der Waals surface area contributed by atoms with E-state index in [1.54, 1.807) is 6.92 Å². The van der Waals surface area contributed by atoms with E-state index in [1.807, 2.05) is 27.8 Å². The highest BCUT2D eigenvalue weighted by molar-refractivity contribution is 5.86. The number of benzene rings is 2. The van der Waals surface area contributed by atoms with Crippen LogP contribution in [0.4, 0.5) is 18.9 Å². The van der Waals surface area contributed by atoms with Crippen LogP contribution in [0.3, 0.4) is 0 Å². The lowest BCUT2D eigenvalue weighted by Gasteiger charge is -2.39. The minimum absolute atomic E-state index is 0.250. The number of aromatic nitrogens is 1. The average molecular weight is 416 g/mol. The fourth-order valence-corrected chi connectivity index (χ4v) is 3.90. The van der Waals surface area contributed by atoms with E-state index in [1.165, 1.54) is 12.1 Å². The predicted molar refractivity (Wildman–Crippen MR) is 110 cm³/mol. The molecular formula is C23H23F3N2O2. The molecule has 30 heavy (non-hydrogen) atoms. The highest BCUT2D eigenvalue weighted by Gasteiger charge is 2.33. The molecule has 0 unspecified atom stereocenters. The molecule has 0 bridgehead atoms. The zero-order valence-electron chi connectivity index (χ0n) is 17.0. The van der Waals surface area contributed by atoms with Gasteiger partial charge in [-0.1, -0.05) is 13.8 Å². The summed E-state index contributed by atoms with van der Waals surface area (Å²) < 4.78 is 41.3. The van der Waals surface area contributed by atoms with Crippen molar-refractivity contribution in [3.8, 4) is 5.69 Å². The maximum absolute atomic E-state index is 13.1. The van der Waals surface area contributed by atoms with Crippen molar-refractivity contribution in [1.29, 1.82) is 0 Å². The standard InChI is InChI=1S/C23H23F3N2O2/c1-13(2)15-6-18(27-11-16(12-27)22(29)30)9-19(7-15)28-10-14(3)20-8-17(23(24,25)26)4-5-21(20)28/h4-10,13,16H,11-12H2,1-3H3,(H,29,30). The van der Waals surface area contributed by atoms with E-state index in [2.05, 4.69) is 19.9 Å². The Morgan fingerprint density at radius 2 is 1.77 bits per heavy atom. The number of hydrogen-bond donors (Lipinski definition) is 1. The Labute approximate surface area is 172 Å². The van der Waals surface area contributed by atoms with Crippen LogP contribution in [-0.4, -0.2) is 28.7 Å². The van der Waals surface area contributed by atoms with Gasteiger partial charge in [-0.15, -0.1) is 0 Å². The van der Waals surface area contributed by atoms with Crippen LogP contribution < -0.4 is 4.90 Å². The Morgan fingerprint density at radius 3 is 2.37 bits per heavy atom. The van der Waals surface area contributed by atoms with Crippen molar-refractivity contribution in [2.45, 2.75) is 32.9 Å². The van der Waals surface area contributed by atoms with Crippen molar-refractivity contribution in [3.63, 3.8) is 0 Å². The Bertz CT molecular complexity index is 1130. The van der Waals surface area contributed by atoms with Crippen molar-refractivity contribution >= 4 is 22.6 Å². The lowest BCUT2D eigenvalue weighted by molar-refractivity contribution is -0.142. The number of aliphatic carboxylic acids is 1. The van der Waals surface area contributed by atoms with Gasteiger partial charge in [0.15, 0.2) is 0 Å². The number of anilines is 1. The number of carbonyl (C=O) groups is 1. The third-order valence-electron chi connectivity index (χ3n) is 5.80. The fraction of sp³-hybridized carbons (Fsp3) is 0.348. The molecule has 0 aliphatic carbocycles. The monoisotopic (exact) mass is 416 g/mol. The summed E-state index contributed by atoms with van der Waals surface area (Å²) in [6, 6.07) is 9.89. The molecule has 2 aromatic carbocycles. The van der Waals surface area contributed by atoms with Crippen LogP contribution >= 0.6 is 0 Å². The van der Waals surface area contributed by atoms with Crippen LogP contribution in [0.15, 0.2) is 42.6 Å². The second kappa shape index (κ2) is 7.07. The van der Waals surface area contributed by atoms with Crippen molar-refractivity contribution in [2.24, 2.45) is 5.92 Å². The van der Waals surface area contributed by atoms with E-state index >= 15 is 0 Å². The fourth-order valence-electron chi connectivity index (χ4n) is 3.90. The van der Waals surface area contributed by atoms with Gasteiger partial charge in [-0.3, -0.25) is 4.79 Å². The van der Waals surface area contributed by atoms with Gasteiger partial charge in [-0.05, 0) is 60.4 Å². The number of carboxylic acids is 1. The maximum Gasteiger partial charge on any atom is 0.416 e. The molecule has 1 fully saturated rings. The van der Waals surface area contributed by atoms with Crippen molar-refractivity contribution < 1.29 is 23.1 Å². The maximum atomic E-state index is 13.1. The largest absolute Gasteiger partial charge is 0.481 e. The third kappa shape index (κ3) is 3.53. The van der Waals surface area contributed by atoms with Crippen molar-refractivity contribution in [2.75, 3.05) is 18.0 Å².